The van der Waals surface area contributed by atoms with Gasteiger partial charge < -0.3 is 15.7 Å². The summed E-state index contributed by atoms with van der Waals surface area (Å²) < 4.78 is 0. The third kappa shape index (κ3) is 3.75. The van der Waals surface area contributed by atoms with Gasteiger partial charge in [0.05, 0.1) is 13.2 Å². The fraction of sp³-hybridized carbons (Fsp3) is 0.312. The molecular formula is C16H19N3O4. The van der Waals surface area contributed by atoms with Gasteiger partial charge in [-0.15, -0.1) is 0 Å². The first-order chi connectivity index (χ1) is 11.0. The van der Waals surface area contributed by atoms with Crippen LogP contribution in [0.4, 0.5) is 11.4 Å². The number of nitrogens with zero attached hydrogens (tertiary/aromatic N) is 1. The highest BCUT2D eigenvalue weighted by Crippen LogP contribution is 2.23. The number of nitrogens with one attached hydrogen (secondary N) is 2. The van der Waals surface area contributed by atoms with E-state index in [2.05, 4.69) is 10.6 Å². The van der Waals surface area contributed by atoms with Crippen molar-refractivity contribution >= 4 is 29.1 Å². The van der Waals surface area contributed by atoms with Gasteiger partial charge in [-0.3, -0.25) is 19.3 Å². The summed E-state index contributed by atoms with van der Waals surface area (Å²) in [7, 11) is 0. The lowest BCUT2D eigenvalue weighted by molar-refractivity contribution is -0.137. The molecule has 0 saturated carbocycles. The minimum Gasteiger partial charge on any atom is -0.395 e. The van der Waals surface area contributed by atoms with Crippen molar-refractivity contribution in [3.63, 3.8) is 0 Å². The zero-order valence-corrected chi connectivity index (χ0v) is 13.0. The number of aliphatic hydroxyl groups is 1. The molecule has 1 aliphatic rings. The molecule has 1 heterocycles. The Morgan fingerprint density at radius 2 is 2.04 bits per heavy atom. The number of hydrogen-bond acceptors (Lipinski definition) is 5. The van der Waals surface area contributed by atoms with Crippen molar-refractivity contribution < 1.29 is 19.5 Å². The van der Waals surface area contributed by atoms with Gasteiger partial charge in [-0.05, 0) is 24.6 Å². The van der Waals surface area contributed by atoms with Crippen molar-refractivity contribution in [2.45, 2.75) is 20.3 Å². The lowest BCUT2D eigenvalue weighted by atomic mass is 10.1. The van der Waals surface area contributed by atoms with Crippen molar-refractivity contribution in [1.82, 2.24) is 4.90 Å². The van der Waals surface area contributed by atoms with Gasteiger partial charge >= 0.3 is 0 Å². The highest BCUT2D eigenvalue weighted by atomic mass is 16.3. The first-order valence-electron chi connectivity index (χ1n) is 7.32. The quantitative estimate of drug-likeness (QED) is 0.680. The van der Waals surface area contributed by atoms with Crippen molar-refractivity contribution in [3.8, 4) is 0 Å². The molecule has 0 aromatic heterocycles. The number of carbonyl (C=O) groups is 3. The van der Waals surface area contributed by atoms with E-state index in [1.54, 1.807) is 25.1 Å². The van der Waals surface area contributed by atoms with Crippen LogP contribution >= 0.6 is 0 Å². The first kappa shape index (κ1) is 16.7. The van der Waals surface area contributed by atoms with Crippen LogP contribution in [0.5, 0.6) is 0 Å². The third-order valence-corrected chi connectivity index (χ3v) is 3.44. The second kappa shape index (κ2) is 7.06. The number of hydrogen-bond donors (Lipinski definition) is 3. The number of carbonyl (C=O) groups excluding carboxylic acids is 3. The van der Waals surface area contributed by atoms with Crippen molar-refractivity contribution in [3.05, 3.63) is 35.5 Å². The monoisotopic (exact) mass is 317 g/mol. The van der Waals surface area contributed by atoms with Gasteiger partial charge in [0.25, 0.3) is 11.8 Å². The van der Waals surface area contributed by atoms with E-state index < -0.39 is 11.8 Å². The van der Waals surface area contributed by atoms with E-state index in [9.17, 15) is 14.4 Å². The maximum absolute atomic E-state index is 12.1. The summed E-state index contributed by atoms with van der Waals surface area (Å²) in [5, 5.41) is 14.5. The van der Waals surface area contributed by atoms with Gasteiger partial charge in [0.15, 0.2) is 0 Å². The minimum absolute atomic E-state index is 0.0367. The van der Waals surface area contributed by atoms with Gasteiger partial charge in [-0.25, -0.2) is 0 Å². The Labute approximate surface area is 134 Å². The number of imide groups is 1. The topological polar surface area (TPSA) is 98.7 Å². The Bertz CT molecular complexity index is 682. The molecule has 1 aromatic carbocycles. The van der Waals surface area contributed by atoms with E-state index in [4.69, 9.17) is 5.11 Å². The molecule has 3 N–H and O–H groups in total. The van der Waals surface area contributed by atoms with Crippen LogP contribution in [0, 0.1) is 6.92 Å². The van der Waals surface area contributed by atoms with Crippen LogP contribution < -0.4 is 10.6 Å². The van der Waals surface area contributed by atoms with E-state index in [0.29, 0.717) is 17.8 Å². The predicted molar refractivity (Wildman–Crippen MR) is 85.6 cm³/mol. The number of rotatable bonds is 6. The Kier molecular flexibility index (Phi) is 5.13. The molecule has 1 aromatic rings. The SMILES string of the molecule is CCC(=O)Nc1cc(NC2=CC(=O)N(CCO)C2=O)ccc1C. The number of aryl methyl sites for hydroxylation is 1. The van der Waals surface area contributed by atoms with Crippen LogP contribution in [-0.2, 0) is 14.4 Å². The molecule has 0 atom stereocenters. The number of aliphatic hydroxyl groups excluding tert-OH is 1. The minimum atomic E-state index is -0.483. The van der Waals surface area contributed by atoms with Crippen LogP contribution in [0.2, 0.25) is 0 Å². The highest BCUT2D eigenvalue weighted by Gasteiger charge is 2.30. The maximum atomic E-state index is 12.1. The molecule has 0 aliphatic carbocycles. The summed E-state index contributed by atoms with van der Waals surface area (Å²) in [6, 6.07) is 5.27. The third-order valence-electron chi connectivity index (χ3n) is 3.44. The molecule has 0 radical (unpaired) electrons. The van der Waals surface area contributed by atoms with E-state index in [-0.39, 0.29) is 24.8 Å². The Morgan fingerprint density at radius 3 is 2.70 bits per heavy atom. The van der Waals surface area contributed by atoms with Gasteiger partial charge in [0.2, 0.25) is 5.91 Å². The summed E-state index contributed by atoms with van der Waals surface area (Å²) in [6.45, 7) is 3.30. The molecule has 0 unspecified atom stereocenters. The average Bonchev–Trinajstić information content (AvgIpc) is 2.78. The maximum Gasteiger partial charge on any atom is 0.277 e. The van der Waals surface area contributed by atoms with Crippen molar-refractivity contribution in [2.75, 3.05) is 23.8 Å². The number of benzene rings is 1. The molecule has 2 rings (SSSR count). The molecule has 0 saturated heterocycles. The summed E-state index contributed by atoms with van der Waals surface area (Å²) in [5.41, 5.74) is 2.26. The fourth-order valence-corrected chi connectivity index (χ4v) is 2.14. The smallest absolute Gasteiger partial charge is 0.277 e. The van der Waals surface area contributed by atoms with E-state index in [1.165, 1.54) is 6.08 Å². The van der Waals surface area contributed by atoms with Crippen LogP contribution in [0.1, 0.15) is 18.9 Å². The molecule has 0 bridgehead atoms. The van der Waals surface area contributed by atoms with Gasteiger partial charge in [-0.2, -0.15) is 0 Å². The summed E-state index contributed by atoms with van der Waals surface area (Å²) >= 11 is 0. The van der Waals surface area contributed by atoms with E-state index in [0.717, 1.165) is 10.5 Å². The predicted octanol–water partition coefficient (Wildman–Crippen LogP) is 1.00. The molecule has 23 heavy (non-hydrogen) atoms. The van der Waals surface area contributed by atoms with Crippen molar-refractivity contribution in [1.29, 1.82) is 0 Å². The van der Waals surface area contributed by atoms with Crippen LogP contribution in [0.3, 0.4) is 0 Å². The molecular weight excluding hydrogens is 298 g/mol. The summed E-state index contributed by atoms with van der Waals surface area (Å²) in [6.07, 6.45) is 1.56. The molecule has 122 valence electrons. The Hall–Kier alpha value is -2.67. The lowest BCUT2D eigenvalue weighted by Gasteiger charge is -2.14. The lowest BCUT2D eigenvalue weighted by Crippen LogP contribution is -2.34. The number of amides is 3. The molecule has 7 nitrogen and oxygen atoms in total. The molecule has 7 heteroatoms. The molecule has 0 spiro atoms. The van der Waals surface area contributed by atoms with Gasteiger partial charge in [0, 0.05) is 23.9 Å². The van der Waals surface area contributed by atoms with Gasteiger partial charge in [0.1, 0.15) is 5.70 Å². The number of β-amino-alcohol motifs (C(OH)–C–C–N with tert-alkyl or cyclic N) is 1. The molecule has 3 amide bonds. The summed E-state index contributed by atoms with van der Waals surface area (Å²) in [4.78, 5) is 36.3. The first-order valence-corrected chi connectivity index (χ1v) is 7.32. The van der Waals surface area contributed by atoms with E-state index in [1.807, 2.05) is 6.92 Å². The van der Waals surface area contributed by atoms with Crippen LogP contribution in [0.25, 0.3) is 0 Å². The standard InChI is InChI=1S/C16H19N3O4/c1-3-14(21)18-12-8-11(5-4-10(12)2)17-13-9-15(22)19(6-7-20)16(13)23/h4-5,8-9,17,20H,3,6-7H2,1-2H3,(H,18,21). The Balaban J connectivity index is 2.16. The zero-order valence-electron chi connectivity index (χ0n) is 13.0. The second-order valence-corrected chi connectivity index (χ2v) is 5.13. The van der Waals surface area contributed by atoms with E-state index >= 15 is 0 Å². The zero-order chi connectivity index (χ0) is 17.0. The normalized spacial score (nSPS) is 14.0. The summed E-state index contributed by atoms with van der Waals surface area (Å²) in [5.74, 6) is -1.05. The van der Waals surface area contributed by atoms with Crippen LogP contribution in [-0.4, -0.2) is 40.9 Å². The van der Waals surface area contributed by atoms with Crippen molar-refractivity contribution in [2.24, 2.45) is 0 Å². The largest absolute Gasteiger partial charge is 0.395 e. The average molecular weight is 317 g/mol. The number of anilines is 2. The second-order valence-electron chi connectivity index (χ2n) is 5.13. The molecule has 1 aliphatic heterocycles. The fourth-order valence-electron chi connectivity index (χ4n) is 2.14. The van der Waals surface area contributed by atoms with Gasteiger partial charge in [-0.1, -0.05) is 13.0 Å². The molecule has 0 fully saturated rings. The van der Waals surface area contributed by atoms with Crippen LogP contribution in [0.15, 0.2) is 30.0 Å². The highest BCUT2D eigenvalue weighted by molar-refractivity contribution is 6.17. The Morgan fingerprint density at radius 1 is 1.30 bits per heavy atom.